The Kier molecular flexibility index (Phi) is 4.86. The van der Waals surface area contributed by atoms with Gasteiger partial charge in [-0.05, 0) is 39.3 Å². The molecule has 0 bridgehead atoms. The molecule has 2 atom stereocenters. The van der Waals surface area contributed by atoms with E-state index in [0.717, 1.165) is 38.9 Å². The maximum atomic E-state index is 12.7. The molecule has 20 heavy (non-hydrogen) atoms. The molecule has 2 aliphatic heterocycles. The third-order valence-corrected chi connectivity index (χ3v) is 4.40. The van der Waals surface area contributed by atoms with Crippen LogP contribution in [-0.4, -0.2) is 77.1 Å². The summed E-state index contributed by atoms with van der Waals surface area (Å²) in [7, 11) is 2.08. The molecule has 1 N–H and O–H groups in total. The van der Waals surface area contributed by atoms with Crippen molar-refractivity contribution >= 4 is 12.0 Å². The number of carbonyl (C=O) groups excluding carboxylic acids is 1. The summed E-state index contributed by atoms with van der Waals surface area (Å²) in [5, 5.41) is 9.23. The Bertz CT molecular complexity index is 375. The summed E-state index contributed by atoms with van der Waals surface area (Å²) < 4.78 is 0. The predicted octanol–water partition coefficient (Wildman–Crippen LogP) is 1.07. The number of carbonyl (C=O) groups is 2. The number of hydrogen-bond acceptors (Lipinski definition) is 3. The van der Waals surface area contributed by atoms with Crippen LogP contribution in [0.2, 0.25) is 0 Å². The molecule has 0 aromatic rings. The minimum atomic E-state index is -0.879. The van der Waals surface area contributed by atoms with Gasteiger partial charge in [0.25, 0.3) is 0 Å². The monoisotopic (exact) mass is 283 g/mol. The first-order valence-corrected chi connectivity index (χ1v) is 7.53. The number of hydrogen-bond donors (Lipinski definition) is 1. The van der Waals surface area contributed by atoms with Gasteiger partial charge in [-0.15, -0.1) is 0 Å². The summed E-state index contributed by atoms with van der Waals surface area (Å²) in [5.41, 5.74) is 0. The Hall–Kier alpha value is -1.30. The second-order valence-electron chi connectivity index (χ2n) is 5.84. The Morgan fingerprint density at radius 3 is 2.50 bits per heavy atom. The number of carboxylic acid groups (broad SMARTS) is 1. The van der Waals surface area contributed by atoms with Crippen LogP contribution in [0.5, 0.6) is 0 Å². The number of rotatable bonds is 2. The minimum absolute atomic E-state index is 0.0861. The first-order valence-electron chi connectivity index (χ1n) is 7.53. The Balaban J connectivity index is 2.11. The van der Waals surface area contributed by atoms with Gasteiger partial charge in [-0.25, -0.2) is 9.59 Å². The standard InChI is InChI=1S/C14H25N3O3/c1-3-11-10-15(2)7-5-9-16(11)14(20)17-8-4-6-12(17)13(18)19/h11-12H,3-10H2,1-2H3,(H,18,19)/t11?,12-/m0/s1. The largest absolute Gasteiger partial charge is 0.480 e. The van der Waals surface area contributed by atoms with E-state index in [2.05, 4.69) is 18.9 Å². The lowest BCUT2D eigenvalue weighted by Gasteiger charge is -2.35. The zero-order valence-electron chi connectivity index (χ0n) is 12.4. The smallest absolute Gasteiger partial charge is 0.326 e. The van der Waals surface area contributed by atoms with E-state index in [-0.39, 0.29) is 12.1 Å². The second-order valence-corrected chi connectivity index (χ2v) is 5.84. The molecular formula is C14H25N3O3. The van der Waals surface area contributed by atoms with Crippen LogP contribution in [0.1, 0.15) is 32.6 Å². The van der Waals surface area contributed by atoms with Crippen LogP contribution in [0.25, 0.3) is 0 Å². The van der Waals surface area contributed by atoms with Gasteiger partial charge in [0.05, 0.1) is 0 Å². The van der Waals surface area contributed by atoms with Crippen LogP contribution >= 0.6 is 0 Å². The third kappa shape index (κ3) is 3.06. The van der Waals surface area contributed by atoms with Gasteiger partial charge in [0.2, 0.25) is 0 Å². The Morgan fingerprint density at radius 2 is 1.85 bits per heavy atom. The van der Waals surface area contributed by atoms with Crippen LogP contribution in [0.4, 0.5) is 4.79 Å². The van der Waals surface area contributed by atoms with Crippen molar-refractivity contribution in [3.8, 4) is 0 Å². The van der Waals surface area contributed by atoms with E-state index in [1.54, 1.807) is 4.90 Å². The molecule has 2 heterocycles. The van der Waals surface area contributed by atoms with E-state index in [1.807, 2.05) is 4.90 Å². The third-order valence-electron chi connectivity index (χ3n) is 4.40. The van der Waals surface area contributed by atoms with Crippen LogP contribution in [0, 0.1) is 0 Å². The van der Waals surface area contributed by atoms with Crippen molar-refractivity contribution in [1.82, 2.24) is 14.7 Å². The van der Waals surface area contributed by atoms with Gasteiger partial charge in [-0.1, -0.05) is 6.92 Å². The predicted molar refractivity (Wildman–Crippen MR) is 75.7 cm³/mol. The molecule has 114 valence electrons. The summed E-state index contributed by atoms with van der Waals surface area (Å²) in [4.78, 5) is 29.7. The summed E-state index contributed by atoms with van der Waals surface area (Å²) in [6.45, 7) is 5.24. The minimum Gasteiger partial charge on any atom is -0.480 e. The summed E-state index contributed by atoms with van der Waals surface area (Å²) >= 11 is 0. The lowest BCUT2D eigenvalue weighted by Crippen LogP contribution is -2.52. The molecule has 6 heteroatoms. The highest BCUT2D eigenvalue weighted by Gasteiger charge is 2.38. The Labute approximate surface area is 120 Å². The maximum Gasteiger partial charge on any atom is 0.326 e. The van der Waals surface area contributed by atoms with E-state index in [9.17, 15) is 14.7 Å². The molecule has 0 saturated carbocycles. The zero-order chi connectivity index (χ0) is 14.7. The molecule has 2 fully saturated rings. The van der Waals surface area contributed by atoms with Gasteiger partial charge < -0.3 is 19.8 Å². The van der Waals surface area contributed by atoms with Gasteiger partial charge >= 0.3 is 12.0 Å². The molecule has 2 aliphatic rings. The van der Waals surface area contributed by atoms with Crippen molar-refractivity contribution in [2.24, 2.45) is 0 Å². The SMILES string of the molecule is CCC1CN(C)CCCN1C(=O)N1CCC[C@H]1C(=O)O. The van der Waals surface area contributed by atoms with Crippen LogP contribution in [-0.2, 0) is 4.79 Å². The average molecular weight is 283 g/mol. The van der Waals surface area contributed by atoms with Gasteiger partial charge in [0.1, 0.15) is 6.04 Å². The number of amides is 2. The van der Waals surface area contributed by atoms with Crippen molar-refractivity contribution in [3.05, 3.63) is 0 Å². The highest BCUT2D eigenvalue weighted by Crippen LogP contribution is 2.22. The molecule has 6 nitrogen and oxygen atoms in total. The quantitative estimate of drug-likeness (QED) is 0.823. The molecule has 0 aromatic carbocycles. The molecule has 1 unspecified atom stereocenters. The highest BCUT2D eigenvalue weighted by molar-refractivity contribution is 5.83. The number of likely N-dealkylation sites (tertiary alicyclic amines) is 1. The van der Waals surface area contributed by atoms with E-state index >= 15 is 0 Å². The van der Waals surface area contributed by atoms with Crippen LogP contribution in [0.3, 0.4) is 0 Å². The van der Waals surface area contributed by atoms with Crippen molar-refractivity contribution in [2.75, 3.05) is 33.2 Å². The first-order chi connectivity index (χ1) is 9.54. The summed E-state index contributed by atoms with van der Waals surface area (Å²) in [6.07, 6.45) is 3.21. The van der Waals surface area contributed by atoms with Crippen molar-refractivity contribution < 1.29 is 14.7 Å². The molecule has 2 saturated heterocycles. The van der Waals surface area contributed by atoms with E-state index in [1.165, 1.54) is 0 Å². The number of aliphatic carboxylic acids is 1. The molecule has 2 rings (SSSR count). The Morgan fingerprint density at radius 1 is 1.15 bits per heavy atom. The number of carboxylic acids is 1. The number of nitrogens with zero attached hydrogens (tertiary/aromatic N) is 3. The van der Waals surface area contributed by atoms with Gasteiger partial charge in [-0.3, -0.25) is 0 Å². The molecule has 0 spiro atoms. The van der Waals surface area contributed by atoms with Crippen LogP contribution in [0.15, 0.2) is 0 Å². The molecule has 0 aromatic heterocycles. The normalized spacial score (nSPS) is 28.5. The van der Waals surface area contributed by atoms with Crippen molar-refractivity contribution in [3.63, 3.8) is 0 Å². The first kappa shape index (κ1) is 15.1. The van der Waals surface area contributed by atoms with Gasteiger partial charge in [0, 0.05) is 25.7 Å². The highest BCUT2D eigenvalue weighted by atomic mass is 16.4. The second kappa shape index (κ2) is 6.43. The molecular weight excluding hydrogens is 258 g/mol. The number of likely N-dealkylation sites (N-methyl/N-ethyl adjacent to an activating group) is 1. The molecule has 0 radical (unpaired) electrons. The lowest BCUT2D eigenvalue weighted by molar-refractivity contribution is -0.141. The van der Waals surface area contributed by atoms with Gasteiger partial charge in [0.15, 0.2) is 0 Å². The summed E-state index contributed by atoms with van der Waals surface area (Å²) in [5.74, 6) is -0.879. The van der Waals surface area contributed by atoms with Crippen molar-refractivity contribution in [2.45, 2.75) is 44.7 Å². The summed E-state index contributed by atoms with van der Waals surface area (Å²) in [6, 6.07) is -0.539. The maximum absolute atomic E-state index is 12.7. The van der Waals surface area contributed by atoms with Gasteiger partial charge in [-0.2, -0.15) is 0 Å². The number of urea groups is 1. The zero-order valence-corrected chi connectivity index (χ0v) is 12.4. The van der Waals surface area contributed by atoms with E-state index < -0.39 is 12.0 Å². The topological polar surface area (TPSA) is 64.1 Å². The van der Waals surface area contributed by atoms with E-state index in [4.69, 9.17) is 0 Å². The fraction of sp³-hybridized carbons (Fsp3) is 0.857. The average Bonchev–Trinajstić information content (AvgIpc) is 2.82. The fourth-order valence-electron chi connectivity index (χ4n) is 3.26. The van der Waals surface area contributed by atoms with E-state index in [0.29, 0.717) is 13.0 Å². The van der Waals surface area contributed by atoms with Crippen molar-refractivity contribution in [1.29, 1.82) is 0 Å². The van der Waals surface area contributed by atoms with Crippen LogP contribution < -0.4 is 0 Å². The molecule has 0 aliphatic carbocycles. The lowest BCUT2D eigenvalue weighted by atomic mass is 10.2. The molecule has 2 amide bonds. The fourth-order valence-corrected chi connectivity index (χ4v) is 3.26.